The second-order valence-corrected chi connectivity index (χ2v) is 3.09. The first kappa shape index (κ1) is 11.2. The van der Waals surface area contributed by atoms with Crippen LogP contribution in [0.15, 0.2) is 42.0 Å². The van der Waals surface area contributed by atoms with E-state index in [9.17, 15) is 14.3 Å². The van der Waals surface area contributed by atoms with E-state index in [-0.39, 0.29) is 5.82 Å². The number of halogens is 1. The van der Waals surface area contributed by atoms with Crippen molar-refractivity contribution in [3.05, 3.63) is 53.4 Å². The lowest BCUT2D eigenvalue weighted by Gasteiger charge is -1.95. The number of carboxylic acids is 1. The molecule has 0 radical (unpaired) electrons. The molecule has 0 heterocycles. The average Bonchev–Trinajstić information content (AvgIpc) is 2.16. The van der Waals surface area contributed by atoms with Crippen molar-refractivity contribution in [2.45, 2.75) is 6.92 Å². The predicted molar refractivity (Wildman–Crippen MR) is 54.2 cm³/mol. The number of carbonyl (C=O) groups excluding carboxylic acids is 1. The minimum atomic E-state index is -1.23. The highest BCUT2D eigenvalue weighted by atomic mass is 19.1. The van der Waals surface area contributed by atoms with Gasteiger partial charge >= 0.3 is 0 Å². The van der Waals surface area contributed by atoms with Crippen molar-refractivity contribution in [2.75, 3.05) is 0 Å². The second kappa shape index (κ2) is 5.10. The molecular weight excluding hydrogens is 195 g/mol. The number of benzene rings is 1. The molecular formula is C12H10FO2-. The van der Waals surface area contributed by atoms with Crippen LogP contribution >= 0.6 is 0 Å². The number of hydrogen-bond donors (Lipinski definition) is 0. The molecule has 0 unspecified atom stereocenters. The van der Waals surface area contributed by atoms with E-state index in [0.29, 0.717) is 5.57 Å². The number of rotatable bonds is 3. The summed E-state index contributed by atoms with van der Waals surface area (Å²) in [5.41, 5.74) is 1.38. The van der Waals surface area contributed by atoms with Crippen LogP contribution in [0, 0.1) is 5.82 Å². The van der Waals surface area contributed by atoms with E-state index in [1.165, 1.54) is 12.1 Å². The van der Waals surface area contributed by atoms with Gasteiger partial charge in [0.2, 0.25) is 0 Å². The minimum Gasteiger partial charge on any atom is -0.545 e. The van der Waals surface area contributed by atoms with Gasteiger partial charge in [0.1, 0.15) is 5.82 Å². The van der Waals surface area contributed by atoms with Crippen molar-refractivity contribution in [3.8, 4) is 0 Å². The number of aliphatic carboxylic acids is 1. The van der Waals surface area contributed by atoms with Gasteiger partial charge in [0.05, 0.1) is 5.97 Å². The molecule has 15 heavy (non-hydrogen) atoms. The molecule has 1 rings (SSSR count). The quantitative estimate of drug-likeness (QED) is 0.554. The molecule has 0 atom stereocenters. The Hall–Kier alpha value is -1.90. The number of hydrogen-bond acceptors (Lipinski definition) is 2. The van der Waals surface area contributed by atoms with E-state index in [1.807, 2.05) is 0 Å². The minimum absolute atomic E-state index is 0.297. The first-order valence-corrected chi connectivity index (χ1v) is 4.41. The molecule has 0 bridgehead atoms. The van der Waals surface area contributed by atoms with Gasteiger partial charge in [0.15, 0.2) is 0 Å². The zero-order valence-corrected chi connectivity index (χ0v) is 8.24. The van der Waals surface area contributed by atoms with Crippen LogP contribution in [0.1, 0.15) is 12.5 Å². The van der Waals surface area contributed by atoms with Crippen LogP contribution in [-0.2, 0) is 4.79 Å². The number of allylic oxidation sites excluding steroid dienone is 2. The van der Waals surface area contributed by atoms with E-state index in [1.54, 1.807) is 31.2 Å². The van der Waals surface area contributed by atoms with E-state index in [0.717, 1.165) is 11.6 Å². The summed E-state index contributed by atoms with van der Waals surface area (Å²) < 4.78 is 12.5. The lowest BCUT2D eigenvalue weighted by Crippen LogP contribution is -2.19. The van der Waals surface area contributed by atoms with Crippen LogP contribution in [0.4, 0.5) is 4.39 Å². The van der Waals surface area contributed by atoms with Crippen molar-refractivity contribution in [3.63, 3.8) is 0 Å². The summed E-state index contributed by atoms with van der Waals surface area (Å²) in [7, 11) is 0. The topological polar surface area (TPSA) is 40.1 Å². The summed E-state index contributed by atoms with van der Waals surface area (Å²) in [5.74, 6) is -1.52. The Balaban J connectivity index is 2.73. The molecule has 0 saturated carbocycles. The number of carboxylic acid groups (broad SMARTS) is 1. The van der Waals surface area contributed by atoms with Gasteiger partial charge in [-0.05, 0) is 36.3 Å². The van der Waals surface area contributed by atoms with Gasteiger partial charge in [0.25, 0.3) is 0 Å². The SMILES string of the molecule is CC(C=Cc1ccc(F)cc1)=CC(=O)[O-]. The molecule has 0 saturated heterocycles. The van der Waals surface area contributed by atoms with Crippen LogP contribution in [0.3, 0.4) is 0 Å². The Morgan fingerprint density at radius 2 is 1.93 bits per heavy atom. The van der Waals surface area contributed by atoms with Gasteiger partial charge in [-0.25, -0.2) is 4.39 Å². The first-order valence-electron chi connectivity index (χ1n) is 4.41. The molecule has 1 aromatic rings. The lowest BCUT2D eigenvalue weighted by atomic mass is 10.1. The summed E-state index contributed by atoms with van der Waals surface area (Å²) in [6.07, 6.45) is 4.33. The largest absolute Gasteiger partial charge is 0.545 e. The molecule has 0 aliphatic heterocycles. The Kier molecular flexibility index (Phi) is 3.80. The molecule has 0 aliphatic carbocycles. The molecule has 78 valence electrons. The van der Waals surface area contributed by atoms with Crippen LogP contribution in [0.5, 0.6) is 0 Å². The first-order chi connectivity index (χ1) is 7.08. The summed E-state index contributed by atoms with van der Waals surface area (Å²) in [4.78, 5) is 10.2. The molecule has 0 spiro atoms. The lowest BCUT2D eigenvalue weighted by molar-refractivity contribution is -0.297. The zero-order chi connectivity index (χ0) is 11.3. The molecule has 1 aromatic carbocycles. The van der Waals surface area contributed by atoms with Crippen molar-refractivity contribution < 1.29 is 14.3 Å². The van der Waals surface area contributed by atoms with Crippen molar-refractivity contribution in [1.82, 2.24) is 0 Å². The predicted octanol–water partition coefficient (Wildman–Crippen LogP) is 1.54. The van der Waals surface area contributed by atoms with E-state index < -0.39 is 5.97 Å². The monoisotopic (exact) mass is 205 g/mol. The van der Waals surface area contributed by atoms with E-state index in [4.69, 9.17) is 0 Å². The maximum Gasteiger partial charge on any atom is 0.123 e. The van der Waals surface area contributed by atoms with Crippen LogP contribution in [-0.4, -0.2) is 5.97 Å². The fourth-order valence-electron chi connectivity index (χ4n) is 1.04. The fraction of sp³-hybridized carbons (Fsp3) is 0.0833. The highest BCUT2D eigenvalue weighted by Crippen LogP contribution is 2.06. The normalized spacial score (nSPS) is 12.0. The van der Waals surface area contributed by atoms with E-state index >= 15 is 0 Å². The highest BCUT2D eigenvalue weighted by molar-refractivity contribution is 5.79. The summed E-state index contributed by atoms with van der Waals surface area (Å²) >= 11 is 0. The second-order valence-electron chi connectivity index (χ2n) is 3.09. The highest BCUT2D eigenvalue weighted by Gasteiger charge is 1.89. The van der Waals surface area contributed by atoms with Gasteiger partial charge in [-0.1, -0.05) is 24.3 Å². The molecule has 0 amide bonds. The third-order valence-electron chi connectivity index (χ3n) is 1.75. The van der Waals surface area contributed by atoms with Gasteiger partial charge in [-0.2, -0.15) is 0 Å². The number of carbonyl (C=O) groups is 1. The summed E-state index contributed by atoms with van der Waals surface area (Å²) in [6, 6.07) is 5.91. The standard InChI is InChI=1S/C12H11FO2/c1-9(8-12(14)15)2-3-10-4-6-11(13)7-5-10/h2-8H,1H3,(H,14,15)/p-1. The van der Waals surface area contributed by atoms with Gasteiger partial charge < -0.3 is 9.90 Å². The van der Waals surface area contributed by atoms with Gasteiger partial charge in [0, 0.05) is 0 Å². The van der Waals surface area contributed by atoms with Crippen LogP contribution in [0.25, 0.3) is 6.08 Å². The Bertz CT molecular complexity index is 402. The third kappa shape index (κ3) is 4.22. The molecule has 3 heteroatoms. The van der Waals surface area contributed by atoms with Gasteiger partial charge in [-0.3, -0.25) is 0 Å². The maximum atomic E-state index is 12.5. The molecule has 2 nitrogen and oxygen atoms in total. The molecule has 0 aliphatic rings. The molecule has 0 aromatic heterocycles. The molecule has 0 fully saturated rings. The Morgan fingerprint density at radius 1 is 1.33 bits per heavy atom. The Labute approximate surface area is 87.4 Å². The smallest absolute Gasteiger partial charge is 0.123 e. The molecule has 0 N–H and O–H groups in total. The zero-order valence-electron chi connectivity index (χ0n) is 8.24. The van der Waals surface area contributed by atoms with Crippen molar-refractivity contribution in [1.29, 1.82) is 0 Å². The third-order valence-corrected chi connectivity index (χ3v) is 1.75. The van der Waals surface area contributed by atoms with Gasteiger partial charge in [-0.15, -0.1) is 0 Å². The fourth-order valence-corrected chi connectivity index (χ4v) is 1.04. The van der Waals surface area contributed by atoms with Crippen LogP contribution in [0.2, 0.25) is 0 Å². The van der Waals surface area contributed by atoms with Crippen molar-refractivity contribution >= 4 is 12.0 Å². The van der Waals surface area contributed by atoms with E-state index in [2.05, 4.69) is 0 Å². The maximum absolute atomic E-state index is 12.5. The average molecular weight is 205 g/mol. The summed E-state index contributed by atoms with van der Waals surface area (Å²) in [6.45, 7) is 1.65. The Morgan fingerprint density at radius 3 is 2.47 bits per heavy atom. The van der Waals surface area contributed by atoms with Crippen molar-refractivity contribution in [2.24, 2.45) is 0 Å². The summed E-state index contributed by atoms with van der Waals surface area (Å²) in [5, 5.41) is 10.2. The van der Waals surface area contributed by atoms with Crippen LogP contribution < -0.4 is 5.11 Å².